The van der Waals surface area contributed by atoms with E-state index in [0.29, 0.717) is 0 Å². The van der Waals surface area contributed by atoms with Gasteiger partial charge in [-0.15, -0.1) is 0 Å². The lowest BCUT2D eigenvalue weighted by molar-refractivity contribution is 0.556. The van der Waals surface area contributed by atoms with Gasteiger partial charge in [-0.05, 0) is 37.0 Å². The third-order valence-electron chi connectivity index (χ3n) is 4.31. The highest BCUT2D eigenvalue weighted by Crippen LogP contribution is 2.12. The summed E-state index contributed by atoms with van der Waals surface area (Å²) >= 11 is 0. The van der Waals surface area contributed by atoms with E-state index in [1.807, 2.05) is 19.1 Å². The molecule has 0 spiro atoms. The Balaban J connectivity index is 2.09. The molecule has 1 aromatic carbocycles. The van der Waals surface area contributed by atoms with Gasteiger partial charge in [-0.2, -0.15) is 0 Å². The van der Waals surface area contributed by atoms with Crippen molar-refractivity contribution in [2.75, 3.05) is 0 Å². The Morgan fingerprint density at radius 1 is 0.762 bits per heavy atom. The number of unbranched alkanes of at least 4 members (excludes halogenated alkanes) is 9. The van der Waals surface area contributed by atoms with Gasteiger partial charge in [-0.3, -0.25) is 4.79 Å². The number of aryl methyl sites for hydroxylation is 1. The lowest BCUT2D eigenvalue weighted by atomic mass is 10.0. The van der Waals surface area contributed by atoms with E-state index < -0.39 is 0 Å². The van der Waals surface area contributed by atoms with Crippen molar-refractivity contribution in [3.8, 4) is 0 Å². The molecule has 0 amide bonds. The highest BCUT2D eigenvalue weighted by Gasteiger charge is 2.00. The fourth-order valence-corrected chi connectivity index (χ4v) is 2.80. The second kappa shape index (κ2) is 11.5. The number of hydrogen-bond acceptors (Lipinski definition) is 1. The molecule has 0 saturated carbocycles. The Bertz CT molecular complexity index is 436. The first-order valence-corrected chi connectivity index (χ1v) is 8.84. The average molecular weight is 288 g/mol. The summed E-state index contributed by atoms with van der Waals surface area (Å²) < 4.78 is 0. The van der Waals surface area contributed by atoms with Crippen LogP contribution in [-0.4, -0.2) is 0 Å². The minimum atomic E-state index is 0.169. The molecular formula is C20H32O. The van der Waals surface area contributed by atoms with Crippen molar-refractivity contribution in [2.45, 2.75) is 84.5 Å². The Morgan fingerprint density at radius 2 is 1.29 bits per heavy atom. The summed E-state index contributed by atoms with van der Waals surface area (Å²) in [5.74, 6) is 0. The van der Waals surface area contributed by atoms with Crippen molar-refractivity contribution >= 4 is 0 Å². The molecule has 1 rings (SSSR count). The zero-order chi connectivity index (χ0) is 15.3. The van der Waals surface area contributed by atoms with Crippen LogP contribution < -0.4 is 5.43 Å². The predicted octanol–water partition coefficient (Wildman–Crippen LogP) is 5.82. The highest BCUT2D eigenvalue weighted by molar-refractivity contribution is 5.24. The van der Waals surface area contributed by atoms with E-state index >= 15 is 0 Å². The van der Waals surface area contributed by atoms with E-state index in [4.69, 9.17) is 0 Å². The topological polar surface area (TPSA) is 17.1 Å². The maximum absolute atomic E-state index is 11.7. The quantitative estimate of drug-likeness (QED) is 0.469. The van der Waals surface area contributed by atoms with Gasteiger partial charge in [0.05, 0.1) is 0 Å². The first-order chi connectivity index (χ1) is 10.3. The maximum atomic E-state index is 11.7. The van der Waals surface area contributed by atoms with Crippen LogP contribution in [-0.2, 0) is 6.42 Å². The molecule has 0 aliphatic heterocycles. The van der Waals surface area contributed by atoms with Crippen LogP contribution >= 0.6 is 0 Å². The van der Waals surface area contributed by atoms with Crippen molar-refractivity contribution in [1.82, 2.24) is 0 Å². The summed E-state index contributed by atoms with van der Waals surface area (Å²) in [5, 5.41) is 0. The van der Waals surface area contributed by atoms with Gasteiger partial charge < -0.3 is 0 Å². The SMILES string of the molecule is CCCCCCCCCCCCc1ccccc(=O)c1C. The number of rotatable bonds is 11. The Kier molecular flexibility index (Phi) is 9.86. The molecule has 21 heavy (non-hydrogen) atoms. The van der Waals surface area contributed by atoms with Crippen molar-refractivity contribution in [3.63, 3.8) is 0 Å². The van der Waals surface area contributed by atoms with Gasteiger partial charge in [0, 0.05) is 0 Å². The minimum absolute atomic E-state index is 0.169. The van der Waals surface area contributed by atoms with E-state index in [-0.39, 0.29) is 5.43 Å². The highest BCUT2D eigenvalue weighted by atomic mass is 16.1. The molecular weight excluding hydrogens is 256 g/mol. The molecule has 0 aliphatic carbocycles. The first kappa shape index (κ1) is 17.9. The second-order valence-electron chi connectivity index (χ2n) is 6.16. The van der Waals surface area contributed by atoms with E-state index in [1.54, 1.807) is 6.07 Å². The Labute approximate surface area is 130 Å². The van der Waals surface area contributed by atoms with Gasteiger partial charge in [0.1, 0.15) is 0 Å². The van der Waals surface area contributed by atoms with Crippen LogP contribution in [0.2, 0.25) is 0 Å². The van der Waals surface area contributed by atoms with Crippen LogP contribution in [0.15, 0.2) is 29.1 Å². The van der Waals surface area contributed by atoms with Crippen molar-refractivity contribution in [1.29, 1.82) is 0 Å². The zero-order valence-electron chi connectivity index (χ0n) is 14.0. The van der Waals surface area contributed by atoms with Crippen molar-refractivity contribution in [2.24, 2.45) is 0 Å². The largest absolute Gasteiger partial charge is 0.290 e. The fourth-order valence-electron chi connectivity index (χ4n) is 2.80. The van der Waals surface area contributed by atoms with Crippen LogP contribution in [0, 0.1) is 6.92 Å². The average Bonchev–Trinajstić information content (AvgIpc) is 2.64. The molecule has 1 heteroatoms. The molecule has 0 unspecified atom stereocenters. The minimum Gasteiger partial charge on any atom is -0.290 e. The summed E-state index contributed by atoms with van der Waals surface area (Å²) in [6.07, 6.45) is 14.6. The molecule has 1 nitrogen and oxygen atoms in total. The maximum Gasteiger partial charge on any atom is 0.181 e. The molecule has 0 fully saturated rings. The standard InChI is InChI=1S/C20H32O/c1-3-4-5-6-7-8-9-10-11-12-15-19-16-13-14-17-20(21)18(19)2/h13-14,16-17H,3-12,15H2,1-2H3. The van der Waals surface area contributed by atoms with E-state index in [9.17, 15) is 4.79 Å². The van der Waals surface area contributed by atoms with Crippen LogP contribution in [0.4, 0.5) is 0 Å². The van der Waals surface area contributed by atoms with Gasteiger partial charge in [0.25, 0.3) is 0 Å². The molecule has 0 heterocycles. The van der Waals surface area contributed by atoms with Gasteiger partial charge >= 0.3 is 0 Å². The summed E-state index contributed by atoms with van der Waals surface area (Å²) in [6, 6.07) is 7.60. The predicted molar refractivity (Wildman–Crippen MR) is 93.0 cm³/mol. The lowest BCUT2D eigenvalue weighted by Crippen LogP contribution is -2.02. The van der Waals surface area contributed by atoms with E-state index in [1.165, 1.54) is 69.8 Å². The third kappa shape index (κ3) is 8.04. The first-order valence-electron chi connectivity index (χ1n) is 8.84. The summed E-state index contributed by atoms with van der Waals surface area (Å²) in [6.45, 7) is 4.22. The number of hydrogen-bond donors (Lipinski definition) is 0. The van der Waals surface area contributed by atoms with Gasteiger partial charge in [-0.25, -0.2) is 0 Å². The molecule has 118 valence electrons. The van der Waals surface area contributed by atoms with Crippen molar-refractivity contribution in [3.05, 3.63) is 45.6 Å². The molecule has 0 N–H and O–H groups in total. The molecule has 0 radical (unpaired) electrons. The van der Waals surface area contributed by atoms with Crippen molar-refractivity contribution < 1.29 is 0 Å². The zero-order valence-corrected chi connectivity index (χ0v) is 14.0. The van der Waals surface area contributed by atoms with Crippen LogP contribution in [0.1, 0.15) is 82.3 Å². The smallest absolute Gasteiger partial charge is 0.181 e. The molecule has 0 atom stereocenters. The van der Waals surface area contributed by atoms with Gasteiger partial charge in [0.15, 0.2) is 5.43 Å². The Morgan fingerprint density at radius 3 is 1.90 bits per heavy atom. The van der Waals surface area contributed by atoms with Crippen LogP contribution in [0.3, 0.4) is 0 Å². The molecule has 0 bridgehead atoms. The second-order valence-corrected chi connectivity index (χ2v) is 6.16. The molecule has 0 aromatic heterocycles. The Hall–Kier alpha value is -1.11. The molecule has 0 saturated heterocycles. The van der Waals surface area contributed by atoms with Crippen LogP contribution in [0.25, 0.3) is 0 Å². The monoisotopic (exact) mass is 288 g/mol. The van der Waals surface area contributed by atoms with Gasteiger partial charge in [0.2, 0.25) is 0 Å². The fraction of sp³-hybridized carbons (Fsp3) is 0.650. The summed E-state index contributed by atoms with van der Waals surface area (Å²) in [4.78, 5) is 11.7. The lowest BCUT2D eigenvalue weighted by Gasteiger charge is -2.03. The molecule has 0 aliphatic rings. The van der Waals surface area contributed by atoms with Crippen LogP contribution in [0.5, 0.6) is 0 Å². The van der Waals surface area contributed by atoms with E-state index in [0.717, 1.165) is 12.0 Å². The third-order valence-corrected chi connectivity index (χ3v) is 4.31. The summed E-state index contributed by atoms with van der Waals surface area (Å²) in [5.41, 5.74) is 2.32. The van der Waals surface area contributed by atoms with Gasteiger partial charge in [-0.1, -0.05) is 82.9 Å². The molecule has 1 aromatic rings. The summed E-state index contributed by atoms with van der Waals surface area (Å²) in [7, 11) is 0. The van der Waals surface area contributed by atoms with E-state index in [2.05, 4.69) is 13.0 Å². The normalized spacial score (nSPS) is 10.8.